The molecule has 1 aliphatic heterocycles. The van der Waals surface area contributed by atoms with Crippen LogP contribution >= 0.6 is 0 Å². The molecule has 29 heavy (non-hydrogen) atoms. The third-order valence-corrected chi connectivity index (χ3v) is 5.26. The lowest BCUT2D eigenvalue weighted by Crippen LogP contribution is -2.47. The molecule has 3 aromatic carbocycles. The summed E-state index contributed by atoms with van der Waals surface area (Å²) in [6.07, 6.45) is 0. The molecule has 0 bridgehead atoms. The first-order valence-electron chi connectivity index (χ1n) is 9.60. The number of nitrogens with one attached hydrogen (secondary N) is 1. The summed E-state index contributed by atoms with van der Waals surface area (Å²) in [5.74, 6) is -0.706. The van der Waals surface area contributed by atoms with Gasteiger partial charge in [-0.15, -0.1) is 0 Å². The molecular formula is C23H24N3O3+. The van der Waals surface area contributed by atoms with Gasteiger partial charge >= 0.3 is 0 Å². The average molecular weight is 390 g/mol. The second kappa shape index (κ2) is 6.67. The molecule has 0 radical (unpaired) electrons. The fourth-order valence-corrected chi connectivity index (χ4v) is 3.87. The van der Waals surface area contributed by atoms with Crippen molar-refractivity contribution in [1.82, 2.24) is 4.90 Å². The Labute approximate surface area is 169 Å². The molecule has 1 aliphatic rings. The monoisotopic (exact) mass is 390 g/mol. The Balaban J connectivity index is 1.98. The van der Waals surface area contributed by atoms with Gasteiger partial charge in [-0.3, -0.25) is 19.3 Å². The molecule has 0 aromatic heterocycles. The molecule has 1 N–H and O–H groups in total. The molecule has 148 valence electrons. The molecule has 4 rings (SSSR count). The van der Waals surface area contributed by atoms with E-state index in [1.807, 2.05) is 57.5 Å². The number of fused-ring (bicyclic) bond motifs is 2. The number of nitrogens with zero attached hydrogens (tertiary/aromatic N) is 2. The number of anilines is 1. The van der Waals surface area contributed by atoms with Crippen LogP contribution in [0.15, 0.2) is 42.5 Å². The molecule has 0 saturated carbocycles. The van der Waals surface area contributed by atoms with Crippen LogP contribution in [-0.2, 0) is 4.79 Å². The number of hydrogen-bond donors (Lipinski definition) is 1. The quantitative estimate of drug-likeness (QED) is 0.422. The third-order valence-electron chi connectivity index (χ3n) is 5.26. The third kappa shape index (κ3) is 3.25. The van der Waals surface area contributed by atoms with Gasteiger partial charge in [0.25, 0.3) is 11.8 Å². The van der Waals surface area contributed by atoms with Crippen molar-refractivity contribution in [3.05, 3.63) is 53.6 Å². The fourth-order valence-electron chi connectivity index (χ4n) is 3.87. The second-order valence-corrected chi connectivity index (χ2v) is 8.51. The van der Waals surface area contributed by atoms with Crippen molar-refractivity contribution in [2.75, 3.05) is 39.5 Å². The normalized spacial score (nSPS) is 14.0. The molecule has 0 saturated heterocycles. The van der Waals surface area contributed by atoms with Crippen LogP contribution in [0.1, 0.15) is 27.6 Å². The maximum absolute atomic E-state index is 13.5. The standard InChI is InChI=1S/C23H23N3O3/c1-14(27)24-19-10-6-8-16-18(19)13-15-7-5-9-17-20(15)21(16)23(29)25(22(17)28)11-12-26(2,3)4/h5-10,13H,11-12H2,1-4H3/p+1. The van der Waals surface area contributed by atoms with Gasteiger partial charge < -0.3 is 9.80 Å². The van der Waals surface area contributed by atoms with Crippen LogP contribution in [0.5, 0.6) is 0 Å². The summed E-state index contributed by atoms with van der Waals surface area (Å²) in [4.78, 5) is 39.6. The molecule has 3 aromatic rings. The first-order chi connectivity index (χ1) is 13.7. The zero-order valence-corrected chi connectivity index (χ0v) is 17.1. The first kappa shape index (κ1) is 19.1. The molecule has 0 aliphatic carbocycles. The largest absolute Gasteiger partial charge is 0.329 e. The number of likely N-dealkylation sites (N-methyl/N-ethyl adjacent to an activating group) is 1. The highest BCUT2D eigenvalue weighted by atomic mass is 16.2. The highest BCUT2D eigenvalue weighted by Crippen LogP contribution is 2.38. The van der Waals surface area contributed by atoms with E-state index in [0.717, 1.165) is 16.2 Å². The number of carbonyl (C=O) groups is 3. The summed E-state index contributed by atoms with van der Waals surface area (Å²) in [7, 11) is 6.09. The van der Waals surface area contributed by atoms with E-state index in [-0.39, 0.29) is 17.7 Å². The molecule has 1 heterocycles. The zero-order valence-electron chi connectivity index (χ0n) is 17.1. The van der Waals surface area contributed by atoms with Crippen molar-refractivity contribution in [2.45, 2.75) is 6.92 Å². The van der Waals surface area contributed by atoms with Crippen LogP contribution in [0.3, 0.4) is 0 Å². The Bertz CT molecular complexity index is 1190. The Kier molecular flexibility index (Phi) is 4.39. The zero-order chi connectivity index (χ0) is 20.9. The number of quaternary nitrogens is 1. The summed E-state index contributed by atoms with van der Waals surface area (Å²) in [6, 6.07) is 13.0. The van der Waals surface area contributed by atoms with Crippen LogP contribution < -0.4 is 5.32 Å². The van der Waals surface area contributed by atoms with Gasteiger partial charge in [0.2, 0.25) is 5.91 Å². The van der Waals surface area contributed by atoms with Gasteiger partial charge in [0.1, 0.15) is 0 Å². The predicted molar refractivity (Wildman–Crippen MR) is 114 cm³/mol. The first-order valence-corrected chi connectivity index (χ1v) is 9.60. The van der Waals surface area contributed by atoms with E-state index in [9.17, 15) is 14.4 Å². The van der Waals surface area contributed by atoms with Crippen molar-refractivity contribution in [3.8, 4) is 0 Å². The van der Waals surface area contributed by atoms with Crippen LogP contribution in [0.2, 0.25) is 0 Å². The van der Waals surface area contributed by atoms with E-state index in [4.69, 9.17) is 0 Å². The highest BCUT2D eigenvalue weighted by Gasteiger charge is 2.35. The molecule has 3 amide bonds. The van der Waals surface area contributed by atoms with Crippen molar-refractivity contribution in [1.29, 1.82) is 0 Å². The van der Waals surface area contributed by atoms with Gasteiger partial charge in [0, 0.05) is 28.9 Å². The van der Waals surface area contributed by atoms with E-state index in [2.05, 4.69) is 5.32 Å². The fraction of sp³-hybridized carbons (Fsp3) is 0.261. The Morgan fingerprint density at radius 3 is 2.41 bits per heavy atom. The molecule has 0 unspecified atom stereocenters. The van der Waals surface area contributed by atoms with Crippen molar-refractivity contribution in [2.24, 2.45) is 0 Å². The lowest BCUT2D eigenvalue weighted by Gasteiger charge is -2.31. The lowest BCUT2D eigenvalue weighted by atomic mass is 9.89. The van der Waals surface area contributed by atoms with Gasteiger partial charge in [-0.05, 0) is 29.0 Å². The van der Waals surface area contributed by atoms with E-state index in [1.54, 1.807) is 6.07 Å². The van der Waals surface area contributed by atoms with Crippen LogP contribution in [0, 0.1) is 0 Å². The molecule has 6 heteroatoms. The average Bonchev–Trinajstić information content (AvgIpc) is 2.64. The molecular weight excluding hydrogens is 366 g/mol. The summed E-state index contributed by atoms with van der Waals surface area (Å²) < 4.78 is 0.649. The Morgan fingerprint density at radius 2 is 1.72 bits per heavy atom. The lowest BCUT2D eigenvalue weighted by molar-refractivity contribution is -0.869. The van der Waals surface area contributed by atoms with Gasteiger partial charge in [0.05, 0.1) is 39.8 Å². The number of hydrogen-bond acceptors (Lipinski definition) is 3. The highest BCUT2D eigenvalue weighted by molar-refractivity contribution is 6.31. The van der Waals surface area contributed by atoms with Gasteiger partial charge in [0.15, 0.2) is 0 Å². The van der Waals surface area contributed by atoms with Crippen LogP contribution in [0.4, 0.5) is 5.69 Å². The molecule has 0 fully saturated rings. The maximum atomic E-state index is 13.5. The molecule has 6 nitrogen and oxygen atoms in total. The minimum atomic E-state index is -0.280. The smallest absolute Gasteiger partial charge is 0.262 e. The topological polar surface area (TPSA) is 66.5 Å². The van der Waals surface area contributed by atoms with Crippen LogP contribution in [-0.4, -0.2) is 61.3 Å². The number of carbonyl (C=O) groups excluding carboxylic acids is 3. The van der Waals surface area contributed by atoms with Gasteiger partial charge in [-0.2, -0.15) is 0 Å². The molecule has 0 spiro atoms. The van der Waals surface area contributed by atoms with E-state index in [0.29, 0.717) is 39.8 Å². The number of benzene rings is 3. The van der Waals surface area contributed by atoms with Crippen LogP contribution in [0.25, 0.3) is 21.5 Å². The number of rotatable bonds is 4. The van der Waals surface area contributed by atoms with Gasteiger partial charge in [-0.25, -0.2) is 0 Å². The van der Waals surface area contributed by atoms with Crippen molar-refractivity contribution in [3.63, 3.8) is 0 Å². The van der Waals surface area contributed by atoms with E-state index < -0.39 is 0 Å². The minimum absolute atomic E-state index is 0.175. The number of imide groups is 1. The van der Waals surface area contributed by atoms with E-state index in [1.165, 1.54) is 11.8 Å². The summed E-state index contributed by atoms with van der Waals surface area (Å²) >= 11 is 0. The summed E-state index contributed by atoms with van der Waals surface area (Å²) in [5.41, 5.74) is 1.73. The summed E-state index contributed by atoms with van der Waals surface area (Å²) in [6.45, 7) is 2.46. The predicted octanol–water partition coefficient (Wildman–Crippen LogP) is 3.25. The number of amides is 3. The molecule has 0 atom stereocenters. The summed E-state index contributed by atoms with van der Waals surface area (Å²) in [5, 5.41) is 5.88. The maximum Gasteiger partial charge on any atom is 0.262 e. The second-order valence-electron chi connectivity index (χ2n) is 8.51. The Hall–Kier alpha value is -3.25. The Morgan fingerprint density at radius 1 is 1.00 bits per heavy atom. The SMILES string of the molecule is CC(=O)Nc1cccc2c3c4c(cccc4cc12)C(=O)N(CC[N+](C)(C)C)C3=O. The van der Waals surface area contributed by atoms with E-state index >= 15 is 0 Å². The minimum Gasteiger partial charge on any atom is -0.329 e. The van der Waals surface area contributed by atoms with Gasteiger partial charge in [-0.1, -0.05) is 24.3 Å². The van der Waals surface area contributed by atoms with Crippen molar-refractivity contribution >= 4 is 45.0 Å². The van der Waals surface area contributed by atoms with Crippen molar-refractivity contribution < 1.29 is 18.9 Å².